The van der Waals surface area contributed by atoms with E-state index in [2.05, 4.69) is 0 Å². The van der Waals surface area contributed by atoms with Gasteiger partial charge in [-0.15, -0.1) is 0 Å². The average Bonchev–Trinajstić information content (AvgIpc) is 2.73. The van der Waals surface area contributed by atoms with Crippen LogP contribution in [0.5, 0.6) is 0 Å². The van der Waals surface area contributed by atoms with Crippen molar-refractivity contribution in [2.45, 2.75) is 12.8 Å². The third kappa shape index (κ3) is 4.73. The molecule has 0 aromatic heterocycles. The van der Waals surface area contributed by atoms with E-state index in [0.29, 0.717) is 16.3 Å². The van der Waals surface area contributed by atoms with Crippen molar-refractivity contribution in [1.82, 2.24) is 0 Å². The van der Waals surface area contributed by atoms with E-state index in [1.165, 1.54) is 11.8 Å². The van der Waals surface area contributed by atoms with Gasteiger partial charge in [-0.3, -0.25) is 9.59 Å². The molecule has 0 saturated carbocycles. The van der Waals surface area contributed by atoms with Crippen molar-refractivity contribution in [2.24, 2.45) is 5.92 Å². The highest BCUT2D eigenvalue weighted by atomic mass is 35.5. The van der Waals surface area contributed by atoms with Gasteiger partial charge in [0.05, 0.1) is 0 Å². The van der Waals surface area contributed by atoms with Crippen LogP contribution in [0, 0.1) is 5.92 Å². The summed E-state index contributed by atoms with van der Waals surface area (Å²) in [6, 6.07) is 26.3. The molecule has 0 bridgehead atoms. The zero-order valence-electron chi connectivity index (χ0n) is 15.5. The Kier molecular flexibility index (Phi) is 7.07. The van der Waals surface area contributed by atoms with Crippen LogP contribution in [0.25, 0.3) is 0 Å². The lowest BCUT2D eigenvalue weighted by molar-refractivity contribution is -0.113. The first-order chi connectivity index (χ1) is 13.6. The molecule has 142 valence electrons. The summed E-state index contributed by atoms with van der Waals surface area (Å²) in [5.74, 6) is -0.715. The van der Waals surface area contributed by atoms with Gasteiger partial charge < -0.3 is 0 Å². The van der Waals surface area contributed by atoms with E-state index >= 15 is 0 Å². The van der Waals surface area contributed by atoms with Gasteiger partial charge in [0.15, 0.2) is 5.78 Å². The predicted octanol–water partition coefficient (Wildman–Crippen LogP) is 6.25. The van der Waals surface area contributed by atoms with Crippen LogP contribution in [0.1, 0.15) is 34.3 Å². The first kappa shape index (κ1) is 20.4. The Labute approximate surface area is 174 Å². The summed E-state index contributed by atoms with van der Waals surface area (Å²) < 4.78 is 0. The van der Waals surface area contributed by atoms with Gasteiger partial charge in [-0.2, -0.15) is 0 Å². The van der Waals surface area contributed by atoms with Crippen LogP contribution in [0.4, 0.5) is 0 Å². The molecule has 0 fully saturated rings. The average molecular weight is 409 g/mol. The maximum atomic E-state index is 13.5. The summed E-state index contributed by atoms with van der Waals surface area (Å²) in [6.45, 7) is 1.92. The maximum Gasteiger partial charge on any atom is 0.200 e. The summed E-state index contributed by atoms with van der Waals surface area (Å²) in [5.41, 5.74) is 2.40. The number of halogens is 1. The molecule has 0 aliphatic carbocycles. The monoisotopic (exact) mass is 408 g/mol. The molecule has 0 aliphatic rings. The molecular weight excluding hydrogens is 388 g/mol. The van der Waals surface area contributed by atoms with E-state index in [1.54, 1.807) is 24.3 Å². The molecule has 3 aromatic carbocycles. The van der Waals surface area contributed by atoms with Crippen LogP contribution in [0.15, 0.2) is 84.9 Å². The summed E-state index contributed by atoms with van der Waals surface area (Å²) in [7, 11) is 0. The quantitative estimate of drug-likeness (QED) is 0.342. The molecule has 0 heterocycles. The highest BCUT2D eigenvalue weighted by Crippen LogP contribution is 2.37. The molecule has 28 heavy (non-hydrogen) atoms. The molecule has 0 radical (unpaired) electrons. The van der Waals surface area contributed by atoms with E-state index in [1.807, 2.05) is 67.6 Å². The van der Waals surface area contributed by atoms with Gasteiger partial charge in [0.1, 0.15) is 5.92 Å². The Morgan fingerprint density at radius 2 is 1.32 bits per heavy atom. The second-order valence-electron chi connectivity index (χ2n) is 6.40. The van der Waals surface area contributed by atoms with Crippen LogP contribution in [-0.2, 0) is 4.79 Å². The molecule has 1 atom stereocenters. The summed E-state index contributed by atoms with van der Waals surface area (Å²) in [4.78, 5) is 26.6. The summed E-state index contributed by atoms with van der Waals surface area (Å²) >= 11 is 7.18. The van der Waals surface area contributed by atoms with Crippen LogP contribution >= 0.6 is 23.4 Å². The normalized spacial score (nSPS) is 12.0. The number of benzene rings is 3. The molecular formula is C24H21ClO2S. The third-order valence-electron chi connectivity index (χ3n) is 4.60. The van der Waals surface area contributed by atoms with Crippen molar-refractivity contribution < 1.29 is 9.59 Å². The lowest BCUT2D eigenvalue weighted by Crippen LogP contribution is -2.30. The molecule has 3 rings (SSSR count). The number of ketones is 1. The van der Waals surface area contributed by atoms with Gasteiger partial charge in [-0.1, -0.05) is 91.0 Å². The summed E-state index contributed by atoms with van der Waals surface area (Å²) in [6.07, 6.45) is 0. The number of thioether (sulfide) groups is 1. The zero-order valence-corrected chi connectivity index (χ0v) is 17.1. The fraction of sp³-hybridized carbons (Fsp3) is 0.167. The number of carbonyl (C=O) groups is 2. The Bertz CT molecular complexity index is 884. The Balaban J connectivity index is 2.13. The van der Waals surface area contributed by atoms with Crippen LogP contribution in [-0.4, -0.2) is 16.7 Å². The Morgan fingerprint density at radius 3 is 1.79 bits per heavy atom. The predicted molar refractivity (Wildman–Crippen MR) is 117 cm³/mol. The first-order valence-corrected chi connectivity index (χ1v) is 10.5. The van der Waals surface area contributed by atoms with Crippen molar-refractivity contribution in [2.75, 3.05) is 5.75 Å². The van der Waals surface area contributed by atoms with Gasteiger partial charge in [-0.25, -0.2) is 0 Å². The topological polar surface area (TPSA) is 34.1 Å². The number of hydrogen-bond acceptors (Lipinski definition) is 3. The summed E-state index contributed by atoms with van der Waals surface area (Å²) in [5, 5.41) is 0.449. The van der Waals surface area contributed by atoms with Crippen molar-refractivity contribution in [3.63, 3.8) is 0 Å². The maximum absolute atomic E-state index is 13.5. The fourth-order valence-electron chi connectivity index (χ4n) is 3.32. The fourth-order valence-corrected chi connectivity index (χ4v) is 4.15. The second kappa shape index (κ2) is 9.72. The zero-order chi connectivity index (χ0) is 19.9. The second-order valence-corrected chi connectivity index (χ2v) is 8.10. The Morgan fingerprint density at radius 1 is 0.821 bits per heavy atom. The van der Waals surface area contributed by atoms with Crippen LogP contribution < -0.4 is 0 Å². The number of Topliss-reactive ketones (excluding diaryl/α,β-unsaturated/α-hetero) is 1. The minimum absolute atomic E-state index is 0.111. The van der Waals surface area contributed by atoms with Gasteiger partial charge in [0.2, 0.25) is 5.12 Å². The van der Waals surface area contributed by atoms with Crippen molar-refractivity contribution in [1.29, 1.82) is 0 Å². The van der Waals surface area contributed by atoms with Crippen molar-refractivity contribution in [3.8, 4) is 0 Å². The van der Waals surface area contributed by atoms with Gasteiger partial charge in [-0.05, 0) is 41.1 Å². The number of carbonyl (C=O) groups excluding carboxylic acids is 2. The molecule has 1 unspecified atom stereocenters. The molecule has 3 aromatic rings. The minimum Gasteiger partial charge on any atom is -0.293 e. The minimum atomic E-state index is -0.809. The molecule has 4 heteroatoms. The smallest absolute Gasteiger partial charge is 0.200 e. The van der Waals surface area contributed by atoms with E-state index in [9.17, 15) is 9.59 Å². The Hall–Kier alpha value is -2.36. The van der Waals surface area contributed by atoms with E-state index in [0.717, 1.165) is 11.1 Å². The van der Waals surface area contributed by atoms with Crippen molar-refractivity contribution >= 4 is 34.3 Å². The first-order valence-electron chi connectivity index (χ1n) is 9.18. The largest absolute Gasteiger partial charge is 0.293 e. The van der Waals surface area contributed by atoms with Gasteiger partial charge >= 0.3 is 0 Å². The van der Waals surface area contributed by atoms with Gasteiger partial charge in [0.25, 0.3) is 0 Å². The highest BCUT2D eigenvalue weighted by Gasteiger charge is 2.37. The lowest BCUT2D eigenvalue weighted by Gasteiger charge is -2.26. The van der Waals surface area contributed by atoms with Crippen molar-refractivity contribution in [3.05, 3.63) is 107 Å². The van der Waals surface area contributed by atoms with E-state index in [-0.39, 0.29) is 16.8 Å². The lowest BCUT2D eigenvalue weighted by atomic mass is 9.77. The molecule has 2 nitrogen and oxygen atoms in total. The molecule has 0 aliphatic heterocycles. The van der Waals surface area contributed by atoms with E-state index in [4.69, 9.17) is 11.6 Å². The SMILES string of the molecule is CCSC(=O)C(C(=O)c1ccc(Cl)cc1)C(c1ccccc1)c1ccccc1. The van der Waals surface area contributed by atoms with Crippen LogP contribution in [0.2, 0.25) is 5.02 Å². The number of hydrogen-bond donors (Lipinski definition) is 0. The molecule has 0 saturated heterocycles. The van der Waals surface area contributed by atoms with Gasteiger partial charge in [0, 0.05) is 16.5 Å². The highest BCUT2D eigenvalue weighted by molar-refractivity contribution is 8.13. The number of rotatable bonds is 7. The third-order valence-corrected chi connectivity index (χ3v) is 5.68. The molecule has 0 spiro atoms. The standard InChI is InChI=1S/C24H21ClO2S/c1-2-28-24(27)22(23(26)19-13-15-20(25)16-14-19)21(17-9-5-3-6-10-17)18-11-7-4-8-12-18/h3-16,21-22H,2H2,1H3. The molecule has 0 amide bonds. The van der Waals surface area contributed by atoms with E-state index < -0.39 is 5.92 Å². The molecule has 0 N–H and O–H groups in total. The van der Waals surface area contributed by atoms with Crippen LogP contribution in [0.3, 0.4) is 0 Å².